The number of amides is 1. The number of aliphatic hydroxyl groups excluding tert-OH is 1. The van der Waals surface area contributed by atoms with Gasteiger partial charge in [0.1, 0.15) is 0 Å². The Bertz CT molecular complexity index is 263. The van der Waals surface area contributed by atoms with Gasteiger partial charge in [-0.1, -0.05) is 25.7 Å². The molecule has 4 heteroatoms. The van der Waals surface area contributed by atoms with Gasteiger partial charge in [-0.05, 0) is 25.8 Å². The van der Waals surface area contributed by atoms with Gasteiger partial charge < -0.3 is 15.7 Å². The molecule has 2 unspecified atom stereocenters. The summed E-state index contributed by atoms with van der Waals surface area (Å²) in [4.78, 5) is 12.1. The average molecular weight is 254 g/mol. The fourth-order valence-corrected chi connectivity index (χ4v) is 3.05. The maximum atomic E-state index is 12.1. The van der Waals surface area contributed by atoms with E-state index in [0.717, 1.165) is 25.8 Å². The molecule has 0 aromatic heterocycles. The summed E-state index contributed by atoms with van der Waals surface area (Å²) in [7, 11) is 0. The molecule has 1 aliphatic carbocycles. The van der Waals surface area contributed by atoms with Crippen LogP contribution >= 0.6 is 0 Å². The molecule has 1 aliphatic heterocycles. The monoisotopic (exact) mass is 254 g/mol. The van der Waals surface area contributed by atoms with Crippen molar-refractivity contribution in [3.8, 4) is 0 Å². The van der Waals surface area contributed by atoms with Crippen LogP contribution in [0, 0.1) is 11.8 Å². The highest BCUT2D eigenvalue weighted by Gasteiger charge is 2.25. The van der Waals surface area contributed by atoms with E-state index in [2.05, 4.69) is 10.6 Å². The third-order valence-corrected chi connectivity index (χ3v) is 4.35. The van der Waals surface area contributed by atoms with Crippen LogP contribution < -0.4 is 10.6 Å². The standard InChI is InChI=1S/C14H26N2O2/c17-13-10-15-8-7-12(13)9-16-14(18)11-5-3-1-2-4-6-11/h11-13,15,17H,1-10H2,(H,16,18). The number of piperidine rings is 1. The lowest BCUT2D eigenvalue weighted by Gasteiger charge is -2.29. The molecule has 1 saturated heterocycles. The third kappa shape index (κ3) is 3.95. The second-order valence-electron chi connectivity index (χ2n) is 5.75. The first kappa shape index (κ1) is 13.8. The van der Waals surface area contributed by atoms with Crippen molar-refractivity contribution in [2.75, 3.05) is 19.6 Å². The van der Waals surface area contributed by atoms with E-state index in [1.165, 1.54) is 25.7 Å². The summed E-state index contributed by atoms with van der Waals surface area (Å²) in [5, 5.41) is 16.0. The van der Waals surface area contributed by atoms with Gasteiger partial charge >= 0.3 is 0 Å². The first-order chi connectivity index (χ1) is 8.77. The van der Waals surface area contributed by atoms with E-state index in [9.17, 15) is 9.90 Å². The van der Waals surface area contributed by atoms with Gasteiger partial charge in [-0.3, -0.25) is 4.79 Å². The topological polar surface area (TPSA) is 61.4 Å². The van der Waals surface area contributed by atoms with Crippen molar-refractivity contribution in [3.05, 3.63) is 0 Å². The van der Waals surface area contributed by atoms with E-state index < -0.39 is 0 Å². The van der Waals surface area contributed by atoms with Gasteiger partial charge in [0.15, 0.2) is 0 Å². The molecule has 0 aromatic rings. The normalized spacial score (nSPS) is 30.7. The van der Waals surface area contributed by atoms with Gasteiger partial charge in [-0.2, -0.15) is 0 Å². The van der Waals surface area contributed by atoms with E-state index in [-0.39, 0.29) is 23.8 Å². The van der Waals surface area contributed by atoms with Crippen LogP contribution in [-0.4, -0.2) is 36.8 Å². The van der Waals surface area contributed by atoms with Crippen molar-refractivity contribution >= 4 is 5.91 Å². The van der Waals surface area contributed by atoms with Crippen molar-refractivity contribution in [3.63, 3.8) is 0 Å². The number of aliphatic hydroxyl groups is 1. The van der Waals surface area contributed by atoms with Gasteiger partial charge in [0.2, 0.25) is 5.91 Å². The van der Waals surface area contributed by atoms with Gasteiger partial charge in [0, 0.05) is 24.9 Å². The molecule has 3 N–H and O–H groups in total. The van der Waals surface area contributed by atoms with E-state index in [1.807, 2.05) is 0 Å². The number of hydrogen-bond acceptors (Lipinski definition) is 3. The Kier molecular flexibility index (Phi) is 5.45. The van der Waals surface area contributed by atoms with Gasteiger partial charge in [0.25, 0.3) is 0 Å². The number of rotatable bonds is 3. The van der Waals surface area contributed by atoms with E-state index in [0.29, 0.717) is 13.1 Å². The van der Waals surface area contributed by atoms with E-state index >= 15 is 0 Å². The van der Waals surface area contributed by atoms with Gasteiger partial charge in [-0.25, -0.2) is 0 Å². The minimum Gasteiger partial charge on any atom is -0.391 e. The first-order valence-electron chi connectivity index (χ1n) is 7.44. The van der Waals surface area contributed by atoms with Crippen LogP contribution in [0.5, 0.6) is 0 Å². The molecule has 4 nitrogen and oxygen atoms in total. The van der Waals surface area contributed by atoms with Crippen LogP contribution in [0.1, 0.15) is 44.9 Å². The average Bonchev–Trinajstić information content (AvgIpc) is 2.66. The molecule has 0 spiro atoms. The van der Waals surface area contributed by atoms with Crippen molar-refractivity contribution in [1.29, 1.82) is 0 Å². The van der Waals surface area contributed by atoms with Gasteiger partial charge in [0.05, 0.1) is 6.10 Å². The predicted octanol–water partition coefficient (Wildman–Crippen LogP) is 1.04. The van der Waals surface area contributed by atoms with Crippen LogP contribution in [0.3, 0.4) is 0 Å². The maximum absolute atomic E-state index is 12.1. The molecule has 2 fully saturated rings. The number of carbonyl (C=O) groups excluding carboxylic acids is 1. The zero-order valence-electron chi connectivity index (χ0n) is 11.2. The quantitative estimate of drug-likeness (QED) is 0.660. The van der Waals surface area contributed by atoms with Crippen molar-refractivity contribution in [2.45, 2.75) is 51.0 Å². The fraction of sp³-hybridized carbons (Fsp3) is 0.929. The summed E-state index contributed by atoms with van der Waals surface area (Å²) >= 11 is 0. The van der Waals surface area contributed by atoms with E-state index in [4.69, 9.17) is 0 Å². The number of nitrogens with one attached hydrogen (secondary N) is 2. The molecular formula is C14H26N2O2. The molecule has 2 rings (SSSR count). The summed E-state index contributed by atoms with van der Waals surface area (Å²) in [6.07, 6.45) is 7.65. The highest BCUT2D eigenvalue weighted by Crippen LogP contribution is 2.23. The molecule has 2 aliphatic rings. The molecule has 2 atom stereocenters. The van der Waals surface area contributed by atoms with Crippen molar-refractivity contribution in [1.82, 2.24) is 10.6 Å². The highest BCUT2D eigenvalue weighted by molar-refractivity contribution is 5.78. The summed E-state index contributed by atoms with van der Waals surface area (Å²) in [5.74, 6) is 0.648. The first-order valence-corrected chi connectivity index (χ1v) is 7.44. The Balaban J connectivity index is 1.72. The lowest BCUT2D eigenvalue weighted by molar-refractivity contribution is -0.125. The second-order valence-corrected chi connectivity index (χ2v) is 5.75. The van der Waals surface area contributed by atoms with Gasteiger partial charge in [-0.15, -0.1) is 0 Å². The number of carbonyl (C=O) groups is 1. The largest absolute Gasteiger partial charge is 0.391 e. The molecule has 1 saturated carbocycles. The number of β-amino-alcohol motifs (C(OH)–C–C–N with tert-alkyl or cyclic N) is 1. The minimum atomic E-state index is -0.312. The Morgan fingerprint density at radius 3 is 2.56 bits per heavy atom. The van der Waals surface area contributed by atoms with Crippen LogP contribution in [-0.2, 0) is 4.79 Å². The number of hydrogen-bond donors (Lipinski definition) is 3. The van der Waals surface area contributed by atoms with Crippen molar-refractivity contribution < 1.29 is 9.90 Å². The lowest BCUT2D eigenvalue weighted by Crippen LogP contribution is -2.46. The highest BCUT2D eigenvalue weighted by atomic mass is 16.3. The molecule has 1 heterocycles. The molecule has 0 bridgehead atoms. The van der Waals surface area contributed by atoms with Crippen LogP contribution in [0.15, 0.2) is 0 Å². The van der Waals surface area contributed by atoms with E-state index in [1.54, 1.807) is 0 Å². The van der Waals surface area contributed by atoms with Crippen LogP contribution in [0.25, 0.3) is 0 Å². The minimum absolute atomic E-state index is 0.211. The van der Waals surface area contributed by atoms with Crippen molar-refractivity contribution in [2.24, 2.45) is 11.8 Å². The Morgan fingerprint density at radius 2 is 1.89 bits per heavy atom. The molecule has 0 radical (unpaired) electrons. The molecule has 104 valence electrons. The second kappa shape index (κ2) is 7.10. The third-order valence-electron chi connectivity index (χ3n) is 4.35. The summed E-state index contributed by atoms with van der Waals surface area (Å²) in [6, 6.07) is 0. The molecule has 0 aromatic carbocycles. The lowest BCUT2D eigenvalue weighted by atomic mass is 9.94. The predicted molar refractivity (Wildman–Crippen MR) is 71.2 cm³/mol. The Morgan fingerprint density at radius 1 is 1.17 bits per heavy atom. The molecule has 18 heavy (non-hydrogen) atoms. The summed E-state index contributed by atoms with van der Waals surface area (Å²) in [5.41, 5.74) is 0. The summed E-state index contributed by atoms with van der Waals surface area (Å²) in [6.45, 7) is 2.24. The molecular weight excluding hydrogens is 228 g/mol. The maximum Gasteiger partial charge on any atom is 0.223 e. The molecule has 1 amide bonds. The fourth-order valence-electron chi connectivity index (χ4n) is 3.05. The van der Waals surface area contributed by atoms with Crippen LogP contribution in [0.4, 0.5) is 0 Å². The zero-order valence-corrected chi connectivity index (χ0v) is 11.2. The SMILES string of the molecule is O=C(NCC1CCNCC1O)C1CCCCCC1. The zero-order chi connectivity index (χ0) is 12.8. The Hall–Kier alpha value is -0.610. The Labute approximate surface area is 110 Å². The summed E-state index contributed by atoms with van der Waals surface area (Å²) < 4.78 is 0. The van der Waals surface area contributed by atoms with Crippen LogP contribution in [0.2, 0.25) is 0 Å². The smallest absolute Gasteiger partial charge is 0.223 e.